The number of aromatic nitrogens is 1. The summed E-state index contributed by atoms with van der Waals surface area (Å²) in [5.41, 5.74) is 16.5. The molecule has 2 N–H and O–H groups in total. The normalized spacial score (nSPS) is 13.1. The second-order valence-corrected chi connectivity index (χ2v) is 11.0. The molecule has 0 spiro atoms. The Balaban J connectivity index is 1.37. The molecule has 0 saturated carbocycles. The predicted molar refractivity (Wildman–Crippen MR) is 185 cm³/mol. The molecule has 0 fully saturated rings. The van der Waals surface area contributed by atoms with Gasteiger partial charge in [-0.25, -0.2) is 0 Å². The zero-order valence-electron chi connectivity index (χ0n) is 23.7. The Morgan fingerprint density at radius 3 is 2.23 bits per heavy atom. The maximum Gasteiger partial charge on any atom is 0.0619 e. The summed E-state index contributed by atoms with van der Waals surface area (Å²) in [7, 11) is 0. The molecule has 0 amide bonds. The van der Waals surface area contributed by atoms with E-state index in [0.717, 1.165) is 16.7 Å². The number of nitrogens with zero attached hydrogens (tertiary/aromatic N) is 2. The Labute approximate surface area is 250 Å². The van der Waals surface area contributed by atoms with Gasteiger partial charge in [-0.1, -0.05) is 116 Å². The molecule has 0 atom stereocenters. The summed E-state index contributed by atoms with van der Waals surface area (Å²) in [6.45, 7) is 4.30. The van der Waals surface area contributed by atoms with Crippen LogP contribution in [-0.4, -0.2) is 17.3 Å². The topological polar surface area (TPSA) is 43.3 Å². The molecule has 0 aliphatic carbocycles. The molecule has 3 heteroatoms. The Kier molecular flexibility index (Phi) is 5.92. The number of hydrogen-bond donors (Lipinski definition) is 1. The largest absolute Gasteiger partial charge is 0.326 e. The summed E-state index contributed by atoms with van der Waals surface area (Å²) >= 11 is 0. The van der Waals surface area contributed by atoms with Crippen LogP contribution in [0.2, 0.25) is 0 Å². The molecule has 2 heterocycles. The number of allylic oxidation sites excluding steroid dienone is 3. The molecule has 0 bridgehead atoms. The third kappa shape index (κ3) is 4.05. The minimum atomic E-state index is 0.481. The third-order valence-corrected chi connectivity index (χ3v) is 8.64. The van der Waals surface area contributed by atoms with Crippen molar-refractivity contribution in [2.24, 2.45) is 10.7 Å². The number of fused-ring (bicyclic) bond motifs is 6. The highest BCUT2D eigenvalue weighted by Gasteiger charge is 2.18. The van der Waals surface area contributed by atoms with Crippen LogP contribution in [0.5, 0.6) is 0 Å². The van der Waals surface area contributed by atoms with Gasteiger partial charge in [-0.15, -0.1) is 0 Å². The number of hydrogen-bond acceptors (Lipinski definition) is 2. The van der Waals surface area contributed by atoms with Crippen LogP contribution in [0, 0.1) is 0 Å². The van der Waals surface area contributed by atoms with E-state index in [9.17, 15) is 0 Å². The Hall–Kier alpha value is -5.51. The standard InChI is InChI=1S/C40H29N3/c1-2-6-32(23-41)27-13-11-26(12-14-27)29-15-18-35-31(21-29)17-20-37-36-19-16-30(33-24-42-25-33)22-39(36)43(40(35)37)38-10-5-8-28-7-3-4-9-34(28)38/h2-22,24-25H,1,23,41H2/b32-6+. The van der Waals surface area contributed by atoms with E-state index in [4.69, 9.17) is 5.73 Å². The second kappa shape index (κ2) is 10.1. The second-order valence-electron chi connectivity index (χ2n) is 11.0. The fourth-order valence-electron chi connectivity index (χ4n) is 6.45. The van der Waals surface area contributed by atoms with Crippen LogP contribution < -0.4 is 5.73 Å². The van der Waals surface area contributed by atoms with Crippen LogP contribution in [0.4, 0.5) is 0 Å². The van der Waals surface area contributed by atoms with Gasteiger partial charge in [-0.2, -0.15) is 0 Å². The molecule has 43 heavy (non-hydrogen) atoms. The number of nitrogens with two attached hydrogens (primary N) is 1. The van der Waals surface area contributed by atoms with Crippen molar-refractivity contribution >= 4 is 60.7 Å². The average molecular weight is 552 g/mol. The average Bonchev–Trinajstić information content (AvgIpc) is 3.36. The molecule has 1 aliphatic rings. The van der Waals surface area contributed by atoms with Gasteiger partial charge in [0.05, 0.1) is 16.7 Å². The van der Waals surface area contributed by atoms with E-state index in [2.05, 4.69) is 131 Å². The first-order chi connectivity index (χ1) is 21.2. The zero-order chi connectivity index (χ0) is 28.9. The minimum absolute atomic E-state index is 0.481. The van der Waals surface area contributed by atoms with Crippen molar-refractivity contribution in [2.75, 3.05) is 6.54 Å². The van der Waals surface area contributed by atoms with Gasteiger partial charge >= 0.3 is 0 Å². The third-order valence-electron chi connectivity index (χ3n) is 8.64. The van der Waals surface area contributed by atoms with Crippen LogP contribution in [0.25, 0.3) is 71.3 Å². The Morgan fingerprint density at radius 1 is 0.698 bits per heavy atom. The molecule has 0 unspecified atom stereocenters. The van der Waals surface area contributed by atoms with Gasteiger partial charge in [-0.05, 0) is 56.8 Å². The fourth-order valence-corrected chi connectivity index (χ4v) is 6.45. The van der Waals surface area contributed by atoms with Crippen LogP contribution in [0.3, 0.4) is 0 Å². The molecule has 1 aliphatic heterocycles. The summed E-state index contributed by atoms with van der Waals surface area (Å²) in [6, 6.07) is 42.0. The molecule has 6 aromatic carbocycles. The lowest BCUT2D eigenvalue weighted by Crippen LogP contribution is -2.01. The van der Waals surface area contributed by atoms with Gasteiger partial charge in [0.2, 0.25) is 0 Å². The van der Waals surface area contributed by atoms with Crippen molar-refractivity contribution in [1.82, 2.24) is 4.57 Å². The molecular formula is C40H29N3. The fraction of sp³-hybridized carbons (Fsp3) is 0.0250. The maximum absolute atomic E-state index is 5.97. The van der Waals surface area contributed by atoms with Crippen molar-refractivity contribution in [3.8, 4) is 16.8 Å². The van der Waals surface area contributed by atoms with Crippen LogP contribution >= 0.6 is 0 Å². The maximum atomic E-state index is 5.97. The molecule has 7 aromatic rings. The van der Waals surface area contributed by atoms with Gasteiger partial charge in [0, 0.05) is 46.1 Å². The van der Waals surface area contributed by atoms with Crippen LogP contribution in [-0.2, 0) is 0 Å². The summed E-state index contributed by atoms with van der Waals surface area (Å²) < 4.78 is 2.46. The van der Waals surface area contributed by atoms with E-state index in [1.807, 2.05) is 18.5 Å². The van der Waals surface area contributed by atoms with E-state index >= 15 is 0 Å². The molecule has 204 valence electrons. The first-order valence-electron chi connectivity index (χ1n) is 14.6. The molecule has 3 nitrogen and oxygen atoms in total. The molecular weight excluding hydrogens is 522 g/mol. The van der Waals surface area contributed by atoms with Crippen molar-refractivity contribution < 1.29 is 0 Å². The summed E-state index contributed by atoms with van der Waals surface area (Å²) in [4.78, 5) is 4.21. The first-order valence-corrected chi connectivity index (χ1v) is 14.6. The minimum Gasteiger partial charge on any atom is -0.326 e. The molecule has 8 rings (SSSR count). The predicted octanol–water partition coefficient (Wildman–Crippen LogP) is 9.71. The quantitative estimate of drug-likeness (QED) is 0.205. The van der Waals surface area contributed by atoms with Crippen molar-refractivity contribution in [3.05, 3.63) is 151 Å². The summed E-state index contributed by atoms with van der Waals surface area (Å²) in [6.07, 6.45) is 7.63. The number of aliphatic imine (C=N–C) groups is 1. The SMILES string of the molecule is C=C/C=C(\CN)c1ccc(-c2ccc3c(ccc4c5ccc(C6=CN=C6)cc5n(-c5cccc6ccccc56)c34)c2)cc1. The van der Waals surface area contributed by atoms with E-state index in [1.165, 1.54) is 65.7 Å². The highest BCUT2D eigenvalue weighted by atomic mass is 15.0. The van der Waals surface area contributed by atoms with Gasteiger partial charge in [0.1, 0.15) is 0 Å². The van der Waals surface area contributed by atoms with Gasteiger partial charge in [0.15, 0.2) is 0 Å². The van der Waals surface area contributed by atoms with Gasteiger partial charge < -0.3 is 10.3 Å². The molecule has 0 saturated heterocycles. The van der Waals surface area contributed by atoms with Crippen molar-refractivity contribution in [1.29, 1.82) is 0 Å². The highest BCUT2D eigenvalue weighted by Crippen LogP contribution is 2.40. The lowest BCUT2D eigenvalue weighted by Gasteiger charge is -2.14. The lowest BCUT2D eigenvalue weighted by molar-refractivity contribution is 1.20. The summed E-state index contributed by atoms with van der Waals surface area (Å²) in [5.74, 6) is 0. The van der Waals surface area contributed by atoms with Crippen LogP contribution in [0.15, 0.2) is 145 Å². The number of rotatable bonds is 6. The zero-order valence-corrected chi connectivity index (χ0v) is 23.7. The first kappa shape index (κ1) is 25.2. The van der Waals surface area contributed by atoms with Gasteiger partial charge in [0.25, 0.3) is 0 Å². The van der Waals surface area contributed by atoms with E-state index < -0.39 is 0 Å². The van der Waals surface area contributed by atoms with Crippen LogP contribution in [0.1, 0.15) is 11.1 Å². The Morgan fingerprint density at radius 2 is 1.44 bits per heavy atom. The van der Waals surface area contributed by atoms with E-state index in [0.29, 0.717) is 6.54 Å². The Bertz CT molecular complexity index is 2320. The highest BCUT2D eigenvalue weighted by molar-refractivity contribution is 6.21. The molecule has 1 aromatic heterocycles. The van der Waals surface area contributed by atoms with Gasteiger partial charge in [-0.3, -0.25) is 4.99 Å². The summed E-state index contributed by atoms with van der Waals surface area (Å²) in [5, 5.41) is 7.39. The van der Waals surface area contributed by atoms with Crippen molar-refractivity contribution in [3.63, 3.8) is 0 Å². The smallest absolute Gasteiger partial charge is 0.0619 e. The monoisotopic (exact) mass is 551 g/mol. The molecule has 0 radical (unpaired) electrons. The van der Waals surface area contributed by atoms with E-state index in [-0.39, 0.29) is 0 Å². The van der Waals surface area contributed by atoms with Crippen molar-refractivity contribution in [2.45, 2.75) is 0 Å². The number of benzene rings is 6. The van der Waals surface area contributed by atoms with E-state index in [1.54, 1.807) is 6.08 Å². The lowest BCUT2D eigenvalue weighted by atomic mass is 9.97.